The van der Waals surface area contributed by atoms with Crippen molar-refractivity contribution < 1.29 is 4.79 Å². The van der Waals surface area contributed by atoms with Crippen molar-refractivity contribution in [2.45, 2.75) is 11.8 Å². The highest BCUT2D eigenvalue weighted by atomic mass is 32.2. The molecule has 2 aromatic rings. The molecular weight excluding hydrogens is 246 g/mol. The van der Waals surface area contributed by atoms with Crippen molar-refractivity contribution in [2.24, 2.45) is 0 Å². The van der Waals surface area contributed by atoms with E-state index >= 15 is 0 Å². The summed E-state index contributed by atoms with van der Waals surface area (Å²) in [6, 6.07) is 7.69. The monoisotopic (exact) mass is 259 g/mol. The number of anilines is 1. The summed E-state index contributed by atoms with van der Waals surface area (Å²) in [6.07, 6.45) is 5.04. The Morgan fingerprint density at radius 1 is 1.28 bits per heavy atom. The third-order valence-electron chi connectivity index (χ3n) is 2.37. The number of nitrogens with zero attached hydrogens (tertiary/aromatic N) is 2. The molecule has 0 aliphatic carbocycles. The van der Waals surface area contributed by atoms with Gasteiger partial charge in [0.15, 0.2) is 0 Å². The average molecular weight is 259 g/mol. The highest BCUT2D eigenvalue weighted by Gasteiger charge is 2.07. The highest BCUT2D eigenvalue weighted by molar-refractivity contribution is 7.98. The van der Waals surface area contributed by atoms with E-state index < -0.39 is 0 Å². The molecule has 0 saturated carbocycles. The number of hydrogen-bond acceptors (Lipinski definition) is 4. The first-order valence-corrected chi connectivity index (χ1v) is 6.65. The van der Waals surface area contributed by atoms with Crippen LogP contribution in [0.3, 0.4) is 0 Å². The minimum Gasteiger partial charge on any atom is -0.322 e. The summed E-state index contributed by atoms with van der Waals surface area (Å²) in [5.74, 6) is 0.448. The number of rotatable bonds is 3. The van der Waals surface area contributed by atoms with Crippen LogP contribution in [0.5, 0.6) is 0 Å². The lowest BCUT2D eigenvalue weighted by atomic mass is 10.3. The molecular formula is C13H13N3OS. The van der Waals surface area contributed by atoms with Gasteiger partial charge < -0.3 is 5.32 Å². The van der Waals surface area contributed by atoms with E-state index in [1.165, 1.54) is 12.4 Å². The van der Waals surface area contributed by atoms with E-state index in [4.69, 9.17) is 0 Å². The Hall–Kier alpha value is -1.88. The first-order valence-electron chi connectivity index (χ1n) is 5.43. The molecule has 0 aliphatic heterocycles. The second-order valence-electron chi connectivity index (χ2n) is 3.71. The van der Waals surface area contributed by atoms with Crippen LogP contribution in [0.15, 0.2) is 41.6 Å². The molecule has 1 aromatic heterocycles. The molecule has 1 heterocycles. The fourth-order valence-corrected chi connectivity index (χ4v) is 1.87. The van der Waals surface area contributed by atoms with Gasteiger partial charge in [0.2, 0.25) is 0 Å². The second kappa shape index (κ2) is 5.64. The zero-order valence-electron chi connectivity index (χ0n) is 10.2. The van der Waals surface area contributed by atoms with Crippen LogP contribution >= 0.6 is 11.8 Å². The summed E-state index contributed by atoms with van der Waals surface area (Å²) < 4.78 is 0. The van der Waals surface area contributed by atoms with Crippen molar-refractivity contribution >= 4 is 23.4 Å². The largest absolute Gasteiger partial charge is 0.322 e. The van der Waals surface area contributed by atoms with Gasteiger partial charge in [-0.25, -0.2) is 9.97 Å². The molecule has 1 N–H and O–H groups in total. The van der Waals surface area contributed by atoms with E-state index in [9.17, 15) is 4.79 Å². The Morgan fingerprint density at radius 3 is 2.67 bits per heavy atom. The first-order chi connectivity index (χ1) is 8.69. The Balaban J connectivity index is 2.13. The summed E-state index contributed by atoms with van der Waals surface area (Å²) in [6.45, 7) is 1.78. The second-order valence-corrected chi connectivity index (χ2v) is 4.58. The summed E-state index contributed by atoms with van der Waals surface area (Å²) in [7, 11) is 0. The lowest BCUT2D eigenvalue weighted by molar-refractivity contribution is 0.102. The van der Waals surface area contributed by atoms with Gasteiger partial charge in [0.25, 0.3) is 5.91 Å². The number of benzene rings is 1. The molecule has 0 fully saturated rings. The van der Waals surface area contributed by atoms with Gasteiger partial charge in [0.1, 0.15) is 5.82 Å². The maximum atomic E-state index is 11.9. The van der Waals surface area contributed by atoms with Crippen molar-refractivity contribution in [2.75, 3.05) is 11.6 Å². The predicted octanol–water partition coefficient (Wildman–Crippen LogP) is 2.76. The first kappa shape index (κ1) is 12.6. The van der Waals surface area contributed by atoms with Crippen molar-refractivity contribution in [3.63, 3.8) is 0 Å². The summed E-state index contributed by atoms with van der Waals surface area (Å²) in [5.41, 5.74) is 1.22. The van der Waals surface area contributed by atoms with E-state index in [1.807, 2.05) is 30.5 Å². The molecule has 4 nitrogen and oxygen atoms in total. The summed E-state index contributed by atoms with van der Waals surface area (Å²) in [5, 5.41) is 2.82. The van der Waals surface area contributed by atoms with E-state index in [1.54, 1.807) is 18.7 Å². The third kappa shape index (κ3) is 3.07. The van der Waals surface area contributed by atoms with Crippen LogP contribution in [0.1, 0.15) is 16.2 Å². The van der Waals surface area contributed by atoms with Gasteiger partial charge in [0.05, 0.1) is 5.56 Å². The van der Waals surface area contributed by atoms with Crippen LogP contribution in [-0.2, 0) is 0 Å². The molecule has 1 aromatic carbocycles. The maximum absolute atomic E-state index is 11.9. The number of amides is 1. The molecule has 0 atom stereocenters. The molecule has 0 spiro atoms. The van der Waals surface area contributed by atoms with Gasteiger partial charge >= 0.3 is 0 Å². The summed E-state index contributed by atoms with van der Waals surface area (Å²) in [4.78, 5) is 21.0. The van der Waals surface area contributed by atoms with Crippen molar-refractivity contribution in [1.82, 2.24) is 9.97 Å². The number of aromatic nitrogens is 2. The Morgan fingerprint density at radius 2 is 2.00 bits per heavy atom. The fraction of sp³-hybridized carbons (Fsp3) is 0.154. The van der Waals surface area contributed by atoms with Gasteiger partial charge in [-0.05, 0) is 31.4 Å². The zero-order chi connectivity index (χ0) is 13.0. The predicted molar refractivity (Wildman–Crippen MR) is 72.9 cm³/mol. The SMILES string of the molecule is CSc1cccc(NC(=O)c2cnc(C)nc2)c1. The van der Waals surface area contributed by atoms with Crippen LogP contribution in [0, 0.1) is 6.92 Å². The quantitative estimate of drug-likeness (QED) is 0.861. The molecule has 18 heavy (non-hydrogen) atoms. The van der Waals surface area contributed by atoms with Gasteiger partial charge in [-0.1, -0.05) is 6.07 Å². The van der Waals surface area contributed by atoms with Gasteiger partial charge in [0, 0.05) is 23.0 Å². The van der Waals surface area contributed by atoms with E-state index in [0.29, 0.717) is 11.4 Å². The zero-order valence-corrected chi connectivity index (χ0v) is 11.0. The molecule has 1 amide bonds. The Bertz CT molecular complexity index is 554. The van der Waals surface area contributed by atoms with Gasteiger partial charge in [-0.2, -0.15) is 0 Å². The third-order valence-corrected chi connectivity index (χ3v) is 3.10. The van der Waals surface area contributed by atoms with Gasteiger partial charge in [-0.15, -0.1) is 11.8 Å². The Labute approximate surface area is 110 Å². The Kier molecular flexibility index (Phi) is 3.94. The standard InChI is InChI=1S/C13H13N3OS/c1-9-14-7-10(8-15-9)13(17)16-11-4-3-5-12(6-11)18-2/h3-8H,1-2H3,(H,16,17). The molecule has 0 saturated heterocycles. The number of thioether (sulfide) groups is 1. The van der Waals surface area contributed by atoms with E-state index in [2.05, 4.69) is 15.3 Å². The molecule has 92 valence electrons. The maximum Gasteiger partial charge on any atom is 0.258 e. The van der Waals surface area contributed by atoms with Crippen molar-refractivity contribution in [1.29, 1.82) is 0 Å². The number of aryl methyl sites for hydroxylation is 1. The highest BCUT2D eigenvalue weighted by Crippen LogP contribution is 2.19. The molecule has 2 rings (SSSR count). The number of hydrogen-bond donors (Lipinski definition) is 1. The van der Waals surface area contributed by atoms with Crippen LogP contribution in [-0.4, -0.2) is 22.1 Å². The molecule has 0 bridgehead atoms. The van der Waals surface area contributed by atoms with E-state index in [0.717, 1.165) is 10.6 Å². The molecule has 5 heteroatoms. The fourth-order valence-electron chi connectivity index (χ4n) is 1.41. The smallest absolute Gasteiger partial charge is 0.258 e. The van der Waals surface area contributed by atoms with E-state index in [-0.39, 0.29) is 5.91 Å². The van der Waals surface area contributed by atoms with Crippen LogP contribution in [0.2, 0.25) is 0 Å². The van der Waals surface area contributed by atoms with Crippen molar-refractivity contribution in [3.8, 4) is 0 Å². The summed E-state index contributed by atoms with van der Waals surface area (Å²) >= 11 is 1.63. The lowest BCUT2D eigenvalue weighted by Gasteiger charge is -2.06. The van der Waals surface area contributed by atoms with Gasteiger partial charge in [-0.3, -0.25) is 4.79 Å². The van der Waals surface area contributed by atoms with Crippen LogP contribution < -0.4 is 5.32 Å². The molecule has 0 unspecified atom stereocenters. The van der Waals surface area contributed by atoms with Crippen molar-refractivity contribution in [3.05, 3.63) is 48.0 Å². The number of nitrogens with one attached hydrogen (secondary N) is 1. The van der Waals surface area contributed by atoms with Crippen LogP contribution in [0.4, 0.5) is 5.69 Å². The minimum absolute atomic E-state index is 0.201. The lowest BCUT2D eigenvalue weighted by Crippen LogP contribution is -2.12. The normalized spacial score (nSPS) is 10.1. The van der Waals surface area contributed by atoms with Crippen LogP contribution in [0.25, 0.3) is 0 Å². The molecule has 0 aliphatic rings. The average Bonchev–Trinajstić information content (AvgIpc) is 2.39. The topological polar surface area (TPSA) is 54.9 Å². The number of carbonyl (C=O) groups is 1. The number of carbonyl (C=O) groups excluding carboxylic acids is 1. The minimum atomic E-state index is -0.201. The molecule has 0 radical (unpaired) electrons.